The Balaban J connectivity index is 1.54. The van der Waals surface area contributed by atoms with Crippen LogP contribution in [0.4, 0.5) is 4.79 Å². The molecule has 2 heterocycles. The second kappa shape index (κ2) is 8.93. The van der Waals surface area contributed by atoms with E-state index in [1.807, 2.05) is 51.1 Å². The normalized spacial score (nSPS) is 17.0. The van der Waals surface area contributed by atoms with E-state index in [0.29, 0.717) is 31.5 Å². The third-order valence-electron chi connectivity index (χ3n) is 6.01. The van der Waals surface area contributed by atoms with E-state index in [-0.39, 0.29) is 12.1 Å². The molecule has 0 aromatic heterocycles. The number of methoxy groups -OCH3 is 1. The third kappa shape index (κ3) is 5.21. The Morgan fingerprint density at radius 2 is 1.70 bits per heavy atom. The van der Waals surface area contributed by atoms with Crippen LogP contribution in [0.25, 0.3) is 5.57 Å². The van der Waals surface area contributed by atoms with Crippen LogP contribution in [0.2, 0.25) is 0 Å². The van der Waals surface area contributed by atoms with Crippen LogP contribution in [0.5, 0.6) is 5.75 Å². The van der Waals surface area contributed by atoms with Crippen LogP contribution in [0.3, 0.4) is 0 Å². The van der Waals surface area contributed by atoms with Gasteiger partial charge in [0, 0.05) is 31.5 Å². The minimum Gasteiger partial charge on any atom is -0.482 e. The van der Waals surface area contributed by atoms with Crippen LogP contribution < -0.4 is 4.74 Å². The van der Waals surface area contributed by atoms with Gasteiger partial charge in [0.05, 0.1) is 12.7 Å². The quantitative estimate of drug-likeness (QED) is 0.598. The van der Waals surface area contributed by atoms with Crippen molar-refractivity contribution in [2.45, 2.75) is 51.2 Å². The summed E-state index contributed by atoms with van der Waals surface area (Å²) < 4.78 is 16.8. The van der Waals surface area contributed by atoms with Gasteiger partial charge in [0.2, 0.25) is 0 Å². The highest BCUT2D eigenvalue weighted by Gasteiger charge is 2.40. The first-order chi connectivity index (χ1) is 15.7. The minimum absolute atomic E-state index is 0.275. The molecular formula is C27H31NO5. The highest BCUT2D eigenvalue weighted by molar-refractivity contribution is 5.89. The van der Waals surface area contributed by atoms with E-state index in [2.05, 4.69) is 12.1 Å². The monoisotopic (exact) mass is 449 g/mol. The van der Waals surface area contributed by atoms with Crippen LogP contribution in [0, 0.1) is 0 Å². The van der Waals surface area contributed by atoms with Crippen LogP contribution >= 0.6 is 0 Å². The molecule has 0 unspecified atom stereocenters. The van der Waals surface area contributed by atoms with E-state index >= 15 is 0 Å². The Hall–Kier alpha value is -3.28. The Labute approximate surface area is 195 Å². The Morgan fingerprint density at radius 3 is 2.33 bits per heavy atom. The molecule has 6 nitrogen and oxygen atoms in total. The van der Waals surface area contributed by atoms with Gasteiger partial charge in [-0.25, -0.2) is 9.59 Å². The number of allylic oxidation sites excluding steroid dienone is 1. The lowest BCUT2D eigenvalue weighted by Gasteiger charge is -2.43. The molecule has 1 amide bonds. The molecule has 0 radical (unpaired) electrons. The van der Waals surface area contributed by atoms with Crippen molar-refractivity contribution in [3.05, 3.63) is 71.3 Å². The standard InChI is InChI=1S/C27H31NO5/c1-26(2,3)33-25(30)28-15-13-27(14-16-28)18-21(22-7-5-6-8-23(22)32-27)17-19-9-11-20(12-10-19)24(29)31-4/h5-12,18H,13-17H2,1-4H3. The fraction of sp³-hybridized carbons (Fsp3) is 0.407. The topological polar surface area (TPSA) is 65.1 Å². The largest absolute Gasteiger partial charge is 0.482 e. The number of rotatable bonds is 3. The number of nitrogens with zero attached hydrogens (tertiary/aromatic N) is 1. The van der Waals surface area contributed by atoms with E-state index < -0.39 is 11.2 Å². The maximum absolute atomic E-state index is 12.5. The summed E-state index contributed by atoms with van der Waals surface area (Å²) in [4.78, 5) is 26.0. The van der Waals surface area contributed by atoms with E-state index in [1.54, 1.807) is 17.0 Å². The molecule has 6 heteroatoms. The Morgan fingerprint density at radius 1 is 1.03 bits per heavy atom. The number of amides is 1. The summed E-state index contributed by atoms with van der Waals surface area (Å²) in [5.41, 5.74) is 2.95. The molecule has 4 rings (SSSR count). The van der Waals surface area contributed by atoms with Gasteiger partial charge < -0.3 is 19.1 Å². The molecule has 0 N–H and O–H groups in total. The smallest absolute Gasteiger partial charge is 0.410 e. The molecule has 0 bridgehead atoms. The predicted molar refractivity (Wildman–Crippen MR) is 126 cm³/mol. The van der Waals surface area contributed by atoms with Crippen molar-refractivity contribution in [3.63, 3.8) is 0 Å². The summed E-state index contributed by atoms with van der Waals surface area (Å²) in [5, 5.41) is 0. The van der Waals surface area contributed by atoms with Crippen molar-refractivity contribution in [2.24, 2.45) is 0 Å². The Bertz CT molecular complexity index is 1060. The van der Waals surface area contributed by atoms with Gasteiger partial charge in [-0.3, -0.25) is 0 Å². The maximum atomic E-state index is 12.5. The van der Waals surface area contributed by atoms with Gasteiger partial charge >= 0.3 is 12.1 Å². The molecule has 1 fully saturated rings. The van der Waals surface area contributed by atoms with Crippen molar-refractivity contribution in [1.29, 1.82) is 0 Å². The average Bonchev–Trinajstić information content (AvgIpc) is 2.78. The van der Waals surface area contributed by atoms with Crippen LogP contribution in [0.1, 0.15) is 55.1 Å². The molecular weight excluding hydrogens is 418 g/mol. The Kier molecular flexibility index (Phi) is 6.19. The number of ether oxygens (including phenoxy) is 3. The van der Waals surface area contributed by atoms with Gasteiger partial charge in [-0.05, 0) is 62.6 Å². The average molecular weight is 450 g/mol. The second-order valence-electron chi connectivity index (χ2n) is 9.67. The van der Waals surface area contributed by atoms with E-state index in [9.17, 15) is 9.59 Å². The first-order valence-electron chi connectivity index (χ1n) is 11.3. The molecule has 0 atom stereocenters. The van der Waals surface area contributed by atoms with Gasteiger partial charge in [-0.15, -0.1) is 0 Å². The molecule has 2 aromatic carbocycles. The van der Waals surface area contributed by atoms with Gasteiger partial charge in [0.1, 0.15) is 17.0 Å². The zero-order valence-electron chi connectivity index (χ0n) is 19.7. The second-order valence-corrected chi connectivity index (χ2v) is 9.67. The predicted octanol–water partition coefficient (Wildman–Crippen LogP) is 5.26. The van der Waals surface area contributed by atoms with Crippen LogP contribution in [0.15, 0.2) is 54.6 Å². The first-order valence-corrected chi connectivity index (χ1v) is 11.3. The third-order valence-corrected chi connectivity index (χ3v) is 6.01. The number of hydrogen-bond acceptors (Lipinski definition) is 5. The summed E-state index contributed by atoms with van der Waals surface area (Å²) in [6, 6.07) is 15.6. The lowest BCUT2D eigenvalue weighted by molar-refractivity contribution is -0.00123. The van der Waals surface area contributed by atoms with Crippen molar-refractivity contribution >= 4 is 17.6 Å². The summed E-state index contributed by atoms with van der Waals surface area (Å²) in [5.74, 6) is 0.528. The highest BCUT2D eigenvalue weighted by atomic mass is 16.6. The number of hydrogen-bond donors (Lipinski definition) is 0. The van der Waals surface area contributed by atoms with Crippen LogP contribution in [-0.4, -0.2) is 48.4 Å². The van der Waals surface area contributed by atoms with Crippen molar-refractivity contribution in [3.8, 4) is 5.75 Å². The number of benzene rings is 2. The molecule has 2 aliphatic rings. The molecule has 2 aliphatic heterocycles. The number of likely N-dealkylation sites (tertiary alicyclic amines) is 1. The number of fused-ring (bicyclic) bond motifs is 1. The van der Waals surface area contributed by atoms with Crippen molar-refractivity contribution in [1.82, 2.24) is 4.90 Å². The molecule has 1 spiro atoms. The molecule has 2 aromatic rings. The highest BCUT2D eigenvalue weighted by Crippen LogP contribution is 2.42. The minimum atomic E-state index is -0.511. The number of carbonyl (C=O) groups is 2. The summed E-state index contributed by atoms with van der Waals surface area (Å²) >= 11 is 0. The molecule has 0 saturated carbocycles. The van der Waals surface area contributed by atoms with E-state index in [4.69, 9.17) is 14.2 Å². The maximum Gasteiger partial charge on any atom is 0.410 e. The van der Waals surface area contributed by atoms with Crippen LogP contribution in [-0.2, 0) is 15.9 Å². The van der Waals surface area contributed by atoms with Gasteiger partial charge in [-0.2, -0.15) is 0 Å². The summed E-state index contributed by atoms with van der Waals surface area (Å²) in [6.45, 7) is 6.79. The van der Waals surface area contributed by atoms with Gasteiger partial charge in [0.15, 0.2) is 0 Å². The van der Waals surface area contributed by atoms with Gasteiger partial charge in [0.25, 0.3) is 0 Å². The summed E-state index contributed by atoms with van der Waals surface area (Å²) in [7, 11) is 1.38. The molecule has 0 aliphatic carbocycles. The van der Waals surface area contributed by atoms with E-state index in [1.165, 1.54) is 12.7 Å². The molecule has 1 saturated heterocycles. The number of carbonyl (C=O) groups excluding carboxylic acids is 2. The zero-order valence-corrected chi connectivity index (χ0v) is 19.7. The first kappa shape index (κ1) is 22.9. The van der Waals surface area contributed by atoms with Crippen molar-refractivity contribution in [2.75, 3.05) is 20.2 Å². The lowest BCUT2D eigenvalue weighted by Crippen LogP contribution is -2.50. The molecule has 33 heavy (non-hydrogen) atoms. The fourth-order valence-corrected chi connectivity index (χ4v) is 4.35. The SMILES string of the molecule is COC(=O)c1ccc(CC2=CC3(CCN(C(=O)OC(C)(C)C)CC3)Oc3ccccc32)cc1. The van der Waals surface area contributed by atoms with Gasteiger partial charge in [-0.1, -0.05) is 30.3 Å². The lowest BCUT2D eigenvalue weighted by atomic mass is 9.83. The fourth-order valence-electron chi connectivity index (χ4n) is 4.35. The number of esters is 1. The molecule has 174 valence electrons. The van der Waals surface area contributed by atoms with E-state index in [0.717, 1.165) is 23.3 Å². The number of para-hydroxylation sites is 1. The number of piperidine rings is 1. The van der Waals surface area contributed by atoms with Crippen molar-refractivity contribution < 1.29 is 23.8 Å². The zero-order chi connectivity index (χ0) is 23.6. The summed E-state index contributed by atoms with van der Waals surface area (Å²) in [6.07, 6.45) is 4.08.